The lowest BCUT2D eigenvalue weighted by Gasteiger charge is -2.33. The second-order valence-electron chi connectivity index (χ2n) is 6.92. The first-order valence-electron chi connectivity index (χ1n) is 7.02. The fourth-order valence-corrected chi connectivity index (χ4v) is 3.76. The predicted octanol–water partition coefficient (Wildman–Crippen LogP) is 3.79. The summed E-state index contributed by atoms with van der Waals surface area (Å²) < 4.78 is 5.76. The topological polar surface area (TPSA) is 26.3 Å². The van der Waals surface area contributed by atoms with Crippen LogP contribution < -0.4 is 0 Å². The molecule has 0 aromatic heterocycles. The maximum Gasteiger partial charge on any atom is 0.308 e. The number of fused-ring (bicyclic) bond motifs is 2. The van der Waals surface area contributed by atoms with Crippen LogP contribution in [-0.2, 0) is 9.53 Å². The molecule has 98 valence electrons. The van der Waals surface area contributed by atoms with Crippen molar-refractivity contribution in [2.75, 3.05) is 0 Å². The Morgan fingerprint density at radius 1 is 1.41 bits per heavy atom. The van der Waals surface area contributed by atoms with E-state index in [1.807, 2.05) is 13.8 Å². The average molecular weight is 238 g/mol. The Morgan fingerprint density at radius 3 is 2.47 bits per heavy atom. The van der Waals surface area contributed by atoms with E-state index in [9.17, 15) is 4.79 Å². The first-order valence-corrected chi connectivity index (χ1v) is 7.02. The van der Waals surface area contributed by atoms with Gasteiger partial charge in [0.05, 0.1) is 5.92 Å². The van der Waals surface area contributed by atoms with Gasteiger partial charge in [-0.25, -0.2) is 0 Å². The lowest BCUT2D eigenvalue weighted by molar-refractivity contribution is -0.156. The van der Waals surface area contributed by atoms with E-state index in [0.29, 0.717) is 16.7 Å². The van der Waals surface area contributed by atoms with Gasteiger partial charge in [0.25, 0.3) is 0 Å². The van der Waals surface area contributed by atoms with Gasteiger partial charge in [-0.2, -0.15) is 0 Å². The SMILES string of the molecule is CCC(C)C(=O)OC1CC2(C)CCC1C2(C)C. The van der Waals surface area contributed by atoms with Crippen molar-refractivity contribution in [3.05, 3.63) is 0 Å². The van der Waals surface area contributed by atoms with Crippen LogP contribution in [0.3, 0.4) is 0 Å². The average Bonchev–Trinajstić information content (AvgIpc) is 2.58. The van der Waals surface area contributed by atoms with Gasteiger partial charge in [0.15, 0.2) is 0 Å². The molecule has 2 aliphatic carbocycles. The largest absolute Gasteiger partial charge is 0.462 e. The van der Waals surface area contributed by atoms with Crippen molar-refractivity contribution in [1.82, 2.24) is 0 Å². The zero-order valence-electron chi connectivity index (χ0n) is 11.9. The zero-order valence-corrected chi connectivity index (χ0v) is 11.9. The highest BCUT2D eigenvalue weighted by Gasteiger charge is 2.61. The Balaban J connectivity index is 2.05. The third-order valence-electron chi connectivity index (χ3n) is 5.87. The second kappa shape index (κ2) is 4.00. The van der Waals surface area contributed by atoms with Gasteiger partial charge in [0.1, 0.15) is 6.10 Å². The van der Waals surface area contributed by atoms with Crippen molar-refractivity contribution in [3.8, 4) is 0 Å². The van der Waals surface area contributed by atoms with Crippen molar-refractivity contribution in [1.29, 1.82) is 0 Å². The Morgan fingerprint density at radius 2 is 2.06 bits per heavy atom. The number of hydrogen-bond donors (Lipinski definition) is 0. The molecule has 4 atom stereocenters. The van der Waals surface area contributed by atoms with Crippen LogP contribution in [0, 0.1) is 22.7 Å². The van der Waals surface area contributed by atoms with E-state index in [1.54, 1.807) is 0 Å². The van der Waals surface area contributed by atoms with E-state index in [2.05, 4.69) is 20.8 Å². The van der Waals surface area contributed by atoms with Crippen LogP contribution in [0.5, 0.6) is 0 Å². The molecule has 0 radical (unpaired) electrons. The second-order valence-corrected chi connectivity index (χ2v) is 6.92. The van der Waals surface area contributed by atoms with E-state index in [0.717, 1.165) is 12.8 Å². The molecule has 2 saturated carbocycles. The summed E-state index contributed by atoms with van der Waals surface area (Å²) in [5, 5.41) is 0. The summed E-state index contributed by atoms with van der Waals surface area (Å²) in [6, 6.07) is 0. The van der Waals surface area contributed by atoms with Gasteiger partial charge in [-0.15, -0.1) is 0 Å². The highest BCUT2D eigenvalue weighted by molar-refractivity contribution is 5.72. The molecule has 2 bridgehead atoms. The van der Waals surface area contributed by atoms with Crippen molar-refractivity contribution >= 4 is 5.97 Å². The normalized spacial score (nSPS) is 40.3. The number of hydrogen-bond acceptors (Lipinski definition) is 2. The number of ether oxygens (including phenoxy) is 1. The Kier molecular flexibility index (Phi) is 3.04. The molecular weight excluding hydrogens is 212 g/mol. The molecule has 2 heteroatoms. The van der Waals surface area contributed by atoms with E-state index < -0.39 is 0 Å². The molecule has 4 unspecified atom stereocenters. The molecule has 0 aliphatic heterocycles. The van der Waals surface area contributed by atoms with Crippen molar-refractivity contribution < 1.29 is 9.53 Å². The van der Waals surface area contributed by atoms with E-state index in [4.69, 9.17) is 4.74 Å². The molecule has 0 amide bonds. The lowest BCUT2D eigenvalue weighted by atomic mass is 9.71. The molecule has 2 nitrogen and oxygen atoms in total. The van der Waals surface area contributed by atoms with Crippen molar-refractivity contribution in [3.63, 3.8) is 0 Å². The molecule has 0 heterocycles. The summed E-state index contributed by atoms with van der Waals surface area (Å²) in [5.74, 6) is 0.620. The summed E-state index contributed by atoms with van der Waals surface area (Å²) in [4.78, 5) is 11.9. The lowest BCUT2D eigenvalue weighted by Crippen LogP contribution is -2.29. The van der Waals surface area contributed by atoms with Crippen molar-refractivity contribution in [2.45, 2.75) is 66.4 Å². The van der Waals surface area contributed by atoms with Crippen molar-refractivity contribution in [2.24, 2.45) is 22.7 Å². The summed E-state index contributed by atoms with van der Waals surface area (Å²) in [7, 11) is 0. The van der Waals surface area contributed by atoms with Crippen LogP contribution in [0.15, 0.2) is 0 Å². The Hall–Kier alpha value is -0.530. The standard InChI is InChI=1S/C15H26O2/c1-6-10(2)13(16)17-12-9-15(5)8-7-11(12)14(15,3)4/h10-12H,6-9H2,1-5H3. The summed E-state index contributed by atoms with van der Waals surface area (Å²) in [5.41, 5.74) is 0.700. The molecular formula is C15H26O2. The molecule has 2 aliphatic rings. The van der Waals surface area contributed by atoms with Crippen LogP contribution in [-0.4, -0.2) is 12.1 Å². The summed E-state index contributed by atoms with van der Waals surface area (Å²) in [6.45, 7) is 11.1. The van der Waals surface area contributed by atoms with Gasteiger partial charge in [-0.3, -0.25) is 4.79 Å². The quantitative estimate of drug-likeness (QED) is 0.699. The van der Waals surface area contributed by atoms with Crippen LogP contribution >= 0.6 is 0 Å². The minimum Gasteiger partial charge on any atom is -0.462 e. The third kappa shape index (κ3) is 1.80. The number of esters is 1. The van der Waals surface area contributed by atoms with Gasteiger partial charge < -0.3 is 4.74 Å². The molecule has 0 saturated heterocycles. The smallest absolute Gasteiger partial charge is 0.308 e. The van der Waals surface area contributed by atoms with Crippen LogP contribution in [0.25, 0.3) is 0 Å². The van der Waals surface area contributed by atoms with E-state index in [1.165, 1.54) is 12.8 Å². The predicted molar refractivity (Wildman–Crippen MR) is 68.6 cm³/mol. The van der Waals surface area contributed by atoms with Gasteiger partial charge >= 0.3 is 5.97 Å². The summed E-state index contributed by atoms with van der Waals surface area (Å²) >= 11 is 0. The van der Waals surface area contributed by atoms with Crippen LogP contribution in [0.1, 0.15) is 60.3 Å². The van der Waals surface area contributed by atoms with E-state index in [-0.39, 0.29) is 18.0 Å². The fourth-order valence-electron chi connectivity index (χ4n) is 3.76. The molecule has 2 rings (SSSR count). The molecule has 0 spiro atoms. The first kappa shape index (κ1) is 12.9. The highest BCUT2D eigenvalue weighted by atomic mass is 16.5. The van der Waals surface area contributed by atoms with Gasteiger partial charge in [-0.1, -0.05) is 34.6 Å². The molecule has 0 aromatic rings. The third-order valence-corrected chi connectivity index (χ3v) is 5.87. The van der Waals surface area contributed by atoms with Crippen LogP contribution in [0.2, 0.25) is 0 Å². The Bertz CT molecular complexity index is 318. The highest BCUT2D eigenvalue weighted by Crippen LogP contribution is 2.66. The first-order chi connectivity index (χ1) is 7.82. The van der Waals surface area contributed by atoms with Crippen LogP contribution in [0.4, 0.5) is 0 Å². The minimum absolute atomic E-state index is 0.00412. The molecule has 0 N–H and O–H groups in total. The number of rotatable bonds is 3. The Labute approximate surface area is 105 Å². The maximum absolute atomic E-state index is 11.9. The molecule has 17 heavy (non-hydrogen) atoms. The fraction of sp³-hybridized carbons (Fsp3) is 0.933. The molecule has 0 aromatic carbocycles. The zero-order chi connectivity index (χ0) is 12.8. The van der Waals surface area contributed by atoms with Gasteiger partial charge in [-0.05, 0) is 36.5 Å². The number of carbonyl (C=O) groups is 1. The summed E-state index contributed by atoms with van der Waals surface area (Å²) in [6.07, 6.45) is 4.62. The minimum atomic E-state index is 0.00412. The number of carbonyl (C=O) groups excluding carboxylic acids is 1. The monoisotopic (exact) mass is 238 g/mol. The van der Waals surface area contributed by atoms with Gasteiger partial charge in [0, 0.05) is 5.92 Å². The molecule has 2 fully saturated rings. The van der Waals surface area contributed by atoms with E-state index >= 15 is 0 Å². The van der Waals surface area contributed by atoms with Gasteiger partial charge in [0.2, 0.25) is 0 Å². The maximum atomic E-state index is 11.9.